The number of fused-ring (bicyclic) bond motifs is 1. The summed E-state index contributed by atoms with van der Waals surface area (Å²) in [6.07, 6.45) is 2.57. The maximum absolute atomic E-state index is 12.3. The Kier molecular flexibility index (Phi) is 2.61. The van der Waals surface area contributed by atoms with Crippen molar-refractivity contribution >= 4 is 22.5 Å². The van der Waals surface area contributed by atoms with Gasteiger partial charge in [-0.2, -0.15) is 0 Å². The summed E-state index contributed by atoms with van der Waals surface area (Å²) in [6.45, 7) is 1.78. The van der Waals surface area contributed by atoms with Crippen LogP contribution in [0, 0.1) is 0 Å². The fraction of sp³-hybridized carbons (Fsp3) is 0.333. The Morgan fingerprint density at radius 3 is 3.12 bits per heavy atom. The van der Waals surface area contributed by atoms with E-state index in [2.05, 4.69) is 10.3 Å². The van der Waals surface area contributed by atoms with E-state index in [1.54, 1.807) is 29.1 Å². The average molecular weight is 250 g/mol. The molecule has 0 spiro atoms. The first-order chi connectivity index (χ1) is 8.27. The molecule has 1 fully saturated rings. The number of halogens is 1. The van der Waals surface area contributed by atoms with E-state index in [1.807, 2.05) is 0 Å². The van der Waals surface area contributed by atoms with Gasteiger partial charge >= 0.3 is 0 Å². The normalized spacial score (nSPS) is 19.9. The molecule has 2 heterocycles. The van der Waals surface area contributed by atoms with Gasteiger partial charge in [-0.3, -0.25) is 9.36 Å². The number of rotatable bonds is 1. The molecular weight excluding hydrogens is 238 g/mol. The highest BCUT2D eigenvalue weighted by Crippen LogP contribution is 2.19. The minimum absolute atomic E-state index is 0.00815. The second-order valence-electron chi connectivity index (χ2n) is 4.24. The van der Waals surface area contributed by atoms with Gasteiger partial charge in [0, 0.05) is 6.54 Å². The molecule has 1 aliphatic rings. The summed E-state index contributed by atoms with van der Waals surface area (Å²) < 4.78 is 1.71. The average Bonchev–Trinajstić information content (AvgIpc) is 2.84. The first-order valence-corrected chi connectivity index (χ1v) is 6.01. The van der Waals surface area contributed by atoms with Crippen LogP contribution in [0.25, 0.3) is 10.9 Å². The van der Waals surface area contributed by atoms with Crippen molar-refractivity contribution in [2.24, 2.45) is 0 Å². The van der Waals surface area contributed by atoms with E-state index < -0.39 is 0 Å². The molecular formula is C12H12ClN3O. The number of nitrogens with one attached hydrogen (secondary N) is 1. The lowest BCUT2D eigenvalue weighted by Gasteiger charge is -2.12. The standard InChI is InChI=1S/C12H12ClN3O/c13-10-3-1-2-9-11(10)15-7-16(12(9)17)8-4-5-14-6-8/h1-3,7-8,14H,4-6H2/t8-/m0/s1. The van der Waals surface area contributed by atoms with Gasteiger partial charge in [-0.15, -0.1) is 0 Å². The maximum Gasteiger partial charge on any atom is 0.261 e. The van der Waals surface area contributed by atoms with E-state index in [1.165, 1.54) is 0 Å². The number of hydrogen-bond donors (Lipinski definition) is 1. The van der Waals surface area contributed by atoms with Crippen molar-refractivity contribution in [1.29, 1.82) is 0 Å². The van der Waals surface area contributed by atoms with Gasteiger partial charge in [-0.1, -0.05) is 17.7 Å². The van der Waals surface area contributed by atoms with E-state index in [0.29, 0.717) is 15.9 Å². The molecule has 1 atom stereocenters. The summed E-state index contributed by atoms with van der Waals surface area (Å²) in [5.74, 6) is 0. The Labute approximate surface area is 103 Å². The fourth-order valence-corrected chi connectivity index (χ4v) is 2.49. The molecule has 0 saturated carbocycles. The highest BCUT2D eigenvalue weighted by atomic mass is 35.5. The maximum atomic E-state index is 12.3. The number of benzene rings is 1. The summed E-state index contributed by atoms with van der Waals surface area (Å²) in [4.78, 5) is 16.6. The van der Waals surface area contributed by atoms with Crippen molar-refractivity contribution < 1.29 is 0 Å². The van der Waals surface area contributed by atoms with Crippen molar-refractivity contribution in [3.05, 3.63) is 39.9 Å². The Bertz CT molecular complexity index is 617. The second-order valence-corrected chi connectivity index (χ2v) is 4.65. The van der Waals surface area contributed by atoms with Crippen LogP contribution in [-0.4, -0.2) is 22.6 Å². The van der Waals surface area contributed by atoms with Crippen LogP contribution in [-0.2, 0) is 0 Å². The van der Waals surface area contributed by atoms with Crippen LogP contribution in [0.1, 0.15) is 12.5 Å². The molecule has 0 aliphatic carbocycles. The molecule has 1 saturated heterocycles. The highest BCUT2D eigenvalue weighted by Gasteiger charge is 2.18. The molecule has 1 aromatic heterocycles. The van der Waals surface area contributed by atoms with Gasteiger partial charge in [0.25, 0.3) is 5.56 Å². The molecule has 0 unspecified atom stereocenters. The van der Waals surface area contributed by atoms with Gasteiger partial charge in [0.2, 0.25) is 0 Å². The lowest BCUT2D eigenvalue weighted by Crippen LogP contribution is -2.26. The smallest absolute Gasteiger partial charge is 0.261 e. The molecule has 1 aliphatic heterocycles. The third-order valence-corrected chi connectivity index (χ3v) is 3.50. The first kappa shape index (κ1) is 10.7. The van der Waals surface area contributed by atoms with Crippen molar-refractivity contribution in [1.82, 2.24) is 14.9 Å². The third kappa shape index (κ3) is 1.73. The lowest BCUT2D eigenvalue weighted by molar-refractivity contribution is 0.525. The van der Waals surface area contributed by atoms with Crippen LogP contribution in [0.5, 0.6) is 0 Å². The predicted molar refractivity (Wildman–Crippen MR) is 67.5 cm³/mol. The zero-order valence-corrected chi connectivity index (χ0v) is 9.94. The zero-order valence-electron chi connectivity index (χ0n) is 9.19. The van der Waals surface area contributed by atoms with Crippen molar-refractivity contribution in [2.75, 3.05) is 13.1 Å². The van der Waals surface area contributed by atoms with E-state index >= 15 is 0 Å². The van der Waals surface area contributed by atoms with Crippen LogP contribution >= 0.6 is 11.6 Å². The van der Waals surface area contributed by atoms with Crippen LogP contribution in [0.4, 0.5) is 0 Å². The van der Waals surface area contributed by atoms with Crippen LogP contribution in [0.15, 0.2) is 29.3 Å². The van der Waals surface area contributed by atoms with Crippen LogP contribution in [0.2, 0.25) is 5.02 Å². The van der Waals surface area contributed by atoms with E-state index in [0.717, 1.165) is 19.5 Å². The predicted octanol–water partition coefficient (Wildman–Crippen LogP) is 1.58. The topological polar surface area (TPSA) is 46.9 Å². The minimum atomic E-state index is -0.00815. The third-order valence-electron chi connectivity index (χ3n) is 3.19. The fourth-order valence-electron chi connectivity index (χ4n) is 2.27. The summed E-state index contributed by atoms with van der Waals surface area (Å²) in [5, 5.41) is 4.36. The van der Waals surface area contributed by atoms with Crippen molar-refractivity contribution in [2.45, 2.75) is 12.5 Å². The number of aromatic nitrogens is 2. The van der Waals surface area contributed by atoms with Crippen LogP contribution in [0.3, 0.4) is 0 Å². The molecule has 5 heteroatoms. The Morgan fingerprint density at radius 1 is 1.47 bits per heavy atom. The summed E-state index contributed by atoms with van der Waals surface area (Å²) >= 11 is 6.02. The molecule has 0 bridgehead atoms. The minimum Gasteiger partial charge on any atom is -0.315 e. The SMILES string of the molecule is O=c1c2cccc(Cl)c2ncn1[C@H]1CCNC1. The summed E-state index contributed by atoms with van der Waals surface area (Å²) in [7, 11) is 0. The highest BCUT2D eigenvalue weighted by molar-refractivity contribution is 6.34. The van der Waals surface area contributed by atoms with Gasteiger partial charge in [-0.25, -0.2) is 4.98 Å². The molecule has 1 aromatic carbocycles. The Hall–Kier alpha value is -1.39. The van der Waals surface area contributed by atoms with Crippen molar-refractivity contribution in [3.63, 3.8) is 0 Å². The van der Waals surface area contributed by atoms with Gasteiger partial charge in [0.1, 0.15) is 0 Å². The number of nitrogens with zero attached hydrogens (tertiary/aromatic N) is 2. The first-order valence-electron chi connectivity index (χ1n) is 5.63. The molecule has 0 radical (unpaired) electrons. The van der Waals surface area contributed by atoms with Gasteiger partial charge < -0.3 is 5.32 Å². The van der Waals surface area contributed by atoms with E-state index in [4.69, 9.17) is 11.6 Å². The summed E-state index contributed by atoms with van der Waals surface area (Å²) in [5.41, 5.74) is 0.576. The zero-order chi connectivity index (χ0) is 11.8. The Balaban J connectivity index is 2.22. The molecule has 1 N–H and O–H groups in total. The van der Waals surface area contributed by atoms with Gasteiger partial charge in [-0.05, 0) is 25.1 Å². The van der Waals surface area contributed by atoms with E-state index in [9.17, 15) is 4.79 Å². The molecule has 0 amide bonds. The number of hydrogen-bond acceptors (Lipinski definition) is 3. The van der Waals surface area contributed by atoms with E-state index in [-0.39, 0.29) is 11.6 Å². The molecule has 4 nitrogen and oxygen atoms in total. The quantitative estimate of drug-likeness (QED) is 0.835. The summed E-state index contributed by atoms with van der Waals surface area (Å²) in [6, 6.07) is 5.51. The molecule has 17 heavy (non-hydrogen) atoms. The largest absolute Gasteiger partial charge is 0.315 e. The second kappa shape index (κ2) is 4.13. The van der Waals surface area contributed by atoms with Gasteiger partial charge in [0.15, 0.2) is 0 Å². The molecule has 3 rings (SSSR count). The lowest BCUT2D eigenvalue weighted by atomic mass is 10.2. The number of para-hydroxylation sites is 1. The Morgan fingerprint density at radius 2 is 2.35 bits per heavy atom. The monoisotopic (exact) mass is 249 g/mol. The molecule has 2 aromatic rings. The van der Waals surface area contributed by atoms with Crippen LogP contribution < -0.4 is 10.9 Å². The van der Waals surface area contributed by atoms with Crippen molar-refractivity contribution in [3.8, 4) is 0 Å². The molecule has 88 valence electrons. The van der Waals surface area contributed by atoms with Gasteiger partial charge in [0.05, 0.1) is 28.3 Å².